The zero-order chi connectivity index (χ0) is 12.8. The molecule has 0 spiro atoms. The molecule has 0 aliphatic carbocycles. The van der Waals surface area contributed by atoms with E-state index in [9.17, 15) is 9.59 Å². The average Bonchev–Trinajstić information content (AvgIpc) is 2.76. The van der Waals surface area contributed by atoms with E-state index < -0.39 is 17.9 Å². The number of carbonyl (C=O) groups is 2. The number of hydrogen-bond donors (Lipinski definition) is 3. The Hall–Kier alpha value is -1.82. The molecule has 0 bridgehead atoms. The van der Waals surface area contributed by atoms with Crippen LogP contribution >= 0.6 is 0 Å². The zero-order valence-electron chi connectivity index (χ0n) is 9.60. The predicted octanol–water partition coefficient (Wildman–Crippen LogP) is 0.721. The van der Waals surface area contributed by atoms with Gasteiger partial charge in [-0.05, 0) is 18.6 Å². The van der Waals surface area contributed by atoms with Gasteiger partial charge in [-0.25, -0.2) is 4.79 Å². The van der Waals surface area contributed by atoms with Gasteiger partial charge in [0.1, 0.15) is 11.8 Å². The van der Waals surface area contributed by atoms with E-state index in [1.54, 1.807) is 6.07 Å². The predicted molar refractivity (Wildman–Crippen MR) is 60.4 cm³/mol. The SMILES string of the molecule is CCC[C@H](NC(=O)c1ccc(CN)o1)C(=O)O. The highest BCUT2D eigenvalue weighted by Gasteiger charge is 2.21. The first-order valence-electron chi connectivity index (χ1n) is 5.41. The second-order valence-corrected chi connectivity index (χ2v) is 3.62. The Balaban J connectivity index is 2.66. The van der Waals surface area contributed by atoms with Crippen LogP contribution in [0.3, 0.4) is 0 Å². The fourth-order valence-electron chi connectivity index (χ4n) is 1.39. The third kappa shape index (κ3) is 3.60. The Kier molecular flexibility index (Phi) is 4.71. The van der Waals surface area contributed by atoms with Crippen LogP contribution in [-0.4, -0.2) is 23.0 Å². The Labute approximate surface area is 98.8 Å². The van der Waals surface area contributed by atoms with Crippen LogP contribution in [0.4, 0.5) is 0 Å². The second kappa shape index (κ2) is 6.05. The number of hydrogen-bond acceptors (Lipinski definition) is 4. The summed E-state index contributed by atoms with van der Waals surface area (Å²) in [6.45, 7) is 2.05. The van der Waals surface area contributed by atoms with Gasteiger partial charge in [0.05, 0.1) is 6.54 Å². The first-order chi connectivity index (χ1) is 8.08. The highest BCUT2D eigenvalue weighted by atomic mass is 16.4. The summed E-state index contributed by atoms with van der Waals surface area (Å²) >= 11 is 0. The molecule has 0 radical (unpaired) electrons. The highest BCUT2D eigenvalue weighted by molar-refractivity contribution is 5.94. The van der Waals surface area contributed by atoms with Gasteiger partial charge in [0.25, 0.3) is 5.91 Å². The summed E-state index contributed by atoms with van der Waals surface area (Å²) in [5, 5.41) is 11.3. The van der Waals surface area contributed by atoms with Crippen LogP contribution in [0, 0.1) is 0 Å². The van der Waals surface area contributed by atoms with Crippen LogP contribution in [-0.2, 0) is 11.3 Å². The van der Waals surface area contributed by atoms with Crippen molar-refractivity contribution in [3.8, 4) is 0 Å². The van der Waals surface area contributed by atoms with Crippen molar-refractivity contribution in [2.45, 2.75) is 32.4 Å². The zero-order valence-corrected chi connectivity index (χ0v) is 9.60. The van der Waals surface area contributed by atoms with Gasteiger partial charge >= 0.3 is 5.97 Å². The molecule has 0 aliphatic rings. The van der Waals surface area contributed by atoms with Crippen molar-refractivity contribution in [2.24, 2.45) is 5.73 Å². The van der Waals surface area contributed by atoms with Crippen LogP contribution in [0.5, 0.6) is 0 Å². The lowest BCUT2D eigenvalue weighted by atomic mass is 10.1. The standard InChI is InChI=1S/C11H16N2O4/c1-2-3-8(11(15)16)13-10(14)9-5-4-7(6-12)17-9/h4-5,8H,2-3,6,12H2,1H3,(H,13,14)(H,15,16)/t8-/m0/s1. The van der Waals surface area contributed by atoms with Crippen molar-refractivity contribution in [1.29, 1.82) is 0 Å². The lowest BCUT2D eigenvalue weighted by Gasteiger charge is -2.12. The van der Waals surface area contributed by atoms with Crippen LogP contribution in [0.15, 0.2) is 16.5 Å². The number of amides is 1. The van der Waals surface area contributed by atoms with Crippen molar-refractivity contribution >= 4 is 11.9 Å². The van der Waals surface area contributed by atoms with Crippen LogP contribution in [0.25, 0.3) is 0 Å². The smallest absolute Gasteiger partial charge is 0.326 e. The van der Waals surface area contributed by atoms with E-state index in [1.807, 2.05) is 6.92 Å². The normalized spacial score (nSPS) is 12.1. The maximum absolute atomic E-state index is 11.7. The van der Waals surface area contributed by atoms with Gasteiger partial charge in [-0.15, -0.1) is 0 Å². The molecule has 6 nitrogen and oxygen atoms in total. The van der Waals surface area contributed by atoms with Gasteiger partial charge in [0.15, 0.2) is 5.76 Å². The van der Waals surface area contributed by atoms with E-state index in [0.717, 1.165) is 0 Å². The molecule has 0 fully saturated rings. The summed E-state index contributed by atoms with van der Waals surface area (Å²) in [5.41, 5.74) is 5.34. The first-order valence-corrected chi connectivity index (χ1v) is 5.41. The summed E-state index contributed by atoms with van der Waals surface area (Å²) in [5.74, 6) is -1.03. The van der Waals surface area contributed by atoms with Gasteiger partial charge < -0.3 is 20.6 Å². The van der Waals surface area contributed by atoms with E-state index in [0.29, 0.717) is 18.6 Å². The number of carboxylic acids is 1. The summed E-state index contributed by atoms with van der Waals surface area (Å²) in [4.78, 5) is 22.5. The summed E-state index contributed by atoms with van der Waals surface area (Å²) in [6, 6.07) is 2.17. The number of carbonyl (C=O) groups excluding carboxylic acids is 1. The quantitative estimate of drug-likeness (QED) is 0.679. The third-order valence-electron chi connectivity index (χ3n) is 2.27. The van der Waals surface area contributed by atoms with Gasteiger partial charge in [-0.1, -0.05) is 13.3 Å². The molecule has 1 aromatic heterocycles. The molecular weight excluding hydrogens is 224 g/mol. The number of nitrogens with one attached hydrogen (secondary N) is 1. The molecule has 6 heteroatoms. The highest BCUT2D eigenvalue weighted by Crippen LogP contribution is 2.08. The van der Waals surface area contributed by atoms with E-state index in [-0.39, 0.29) is 12.3 Å². The molecule has 1 rings (SSSR count). The van der Waals surface area contributed by atoms with Crippen molar-refractivity contribution in [3.63, 3.8) is 0 Å². The van der Waals surface area contributed by atoms with Crippen molar-refractivity contribution in [2.75, 3.05) is 0 Å². The fourth-order valence-corrected chi connectivity index (χ4v) is 1.39. The maximum Gasteiger partial charge on any atom is 0.326 e. The Bertz CT molecular complexity index is 400. The second-order valence-electron chi connectivity index (χ2n) is 3.62. The minimum atomic E-state index is -1.05. The molecule has 1 heterocycles. The van der Waals surface area contributed by atoms with Crippen molar-refractivity contribution < 1.29 is 19.1 Å². The van der Waals surface area contributed by atoms with Gasteiger partial charge in [-0.3, -0.25) is 4.79 Å². The lowest BCUT2D eigenvalue weighted by molar-refractivity contribution is -0.139. The van der Waals surface area contributed by atoms with Crippen LogP contribution in [0.1, 0.15) is 36.1 Å². The maximum atomic E-state index is 11.7. The molecule has 0 aromatic carbocycles. The molecule has 94 valence electrons. The Morgan fingerprint density at radius 1 is 1.53 bits per heavy atom. The van der Waals surface area contributed by atoms with E-state index in [2.05, 4.69) is 5.32 Å². The third-order valence-corrected chi connectivity index (χ3v) is 2.27. The Morgan fingerprint density at radius 2 is 2.24 bits per heavy atom. The average molecular weight is 240 g/mol. The molecule has 0 saturated heterocycles. The summed E-state index contributed by atoms with van der Waals surface area (Å²) in [7, 11) is 0. The van der Waals surface area contributed by atoms with Crippen LogP contribution < -0.4 is 11.1 Å². The number of nitrogens with two attached hydrogens (primary N) is 1. The first kappa shape index (κ1) is 13.2. The molecule has 4 N–H and O–H groups in total. The number of rotatable bonds is 6. The van der Waals surface area contributed by atoms with Crippen LogP contribution in [0.2, 0.25) is 0 Å². The summed E-state index contributed by atoms with van der Waals surface area (Å²) in [6.07, 6.45) is 1.05. The monoisotopic (exact) mass is 240 g/mol. The van der Waals surface area contributed by atoms with E-state index in [4.69, 9.17) is 15.3 Å². The molecule has 1 atom stereocenters. The lowest BCUT2D eigenvalue weighted by Crippen LogP contribution is -2.40. The topological polar surface area (TPSA) is 106 Å². The molecule has 1 aromatic rings. The van der Waals surface area contributed by atoms with Gasteiger partial charge in [0, 0.05) is 0 Å². The van der Waals surface area contributed by atoms with E-state index in [1.165, 1.54) is 6.07 Å². The Morgan fingerprint density at radius 3 is 2.71 bits per heavy atom. The molecule has 0 aliphatic heterocycles. The largest absolute Gasteiger partial charge is 0.480 e. The molecule has 17 heavy (non-hydrogen) atoms. The molecule has 0 unspecified atom stereocenters. The van der Waals surface area contributed by atoms with Crippen molar-refractivity contribution in [1.82, 2.24) is 5.32 Å². The van der Waals surface area contributed by atoms with Gasteiger partial charge in [-0.2, -0.15) is 0 Å². The molecular formula is C11H16N2O4. The number of aliphatic carboxylic acids is 1. The molecule has 1 amide bonds. The van der Waals surface area contributed by atoms with E-state index >= 15 is 0 Å². The number of furan rings is 1. The minimum Gasteiger partial charge on any atom is -0.480 e. The summed E-state index contributed by atoms with van der Waals surface area (Å²) < 4.78 is 5.12. The van der Waals surface area contributed by atoms with Crippen molar-refractivity contribution in [3.05, 3.63) is 23.7 Å². The minimum absolute atomic E-state index is 0.0767. The van der Waals surface area contributed by atoms with Gasteiger partial charge in [0.2, 0.25) is 0 Å². The molecule has 0 saturated carbocycles. The number of carboxylic acid groups (broad SMARTS) is 1. The fraction of sp³-hybridized carbons (Fsp3) is 0.455.